The van der Waals surface area contributed by atoms with Crippen molar-refractivity contribution in [3.8, 4) is 0 Å². The van der Waals surface area contributed by atoms with Gasteiger partial charge in [-0.3, -0.25) is 4.79 Å². The van der Waals surface area contributed by atoms with Gasteiger partial charge in [0.1, 0.15) is 16.5 Å². The molecule has 0 spiro atoms. The molecule has 5 nitrogen and oxygen atoms in total. The number of nitrogen functional groups attached to an aromatic ring is 1. The van der Waals surface area contributed by atoms with Gasteiger partial charge in [-0.05, 0) is 31.7 Å². The summed E-state index contributed by atoms with van der Waals surface area (Å²) in [6, 6.07) is 0. The number of rotatable bonds is 1. The molecule has 2 aromatic rings. The topological polar surface area (TPSA) is 72.1 Å². The van der Waals surface area contributed by atoms with E-state index in [1.54, 1.807) is 0 Å². The number of aryl methyl sites for hydroxylation is 2. The molecule has 0 aromatic carbocycles. The minimum absolute atomic E-state index is 0.104. The fraction of sp³-hybridized carbons (Fsp3) is 0.500. The van der Waals surface area contributed by atoms with E-state index in [0.29, 0.717) is 17.6 Å². The van der Waals surface area contributed by atoms with Crippen molar-refractivity contribution in [1.29, 1.82) is 0 Å². The van der Waals surface area contributed by atoms with Crippen molar-refractivity contribution in [2.45, 2.75) is 27.2 Å². The first kappa shape index (κ1) is 13.3. The van der Waals surface area contributed by atoms with Crippen LogP contribution in [0.25, 0.3) is 10.2 Å². The first-order valence-corrected chi connectivity index (χ1v) is 7.61. The van der Waals surface area contributed by atoms with Crippen LogP contribution < -0.4 is 5.73 Å². The van der Waals surface area contributed by atoms with Crippen molar-refractivity contribution in [3.05, 3.63) is 16.3 Å². The van der Waals surface area contributed by atoms with Crippen LogP contribution in [0.5, 0.6) is 0 Å². The molecule has 0 aliphatic carbocycles. The number of likely N-dealkylation sites (tertiary alicyclic amines) is 1. The minimum atomic E-state index is 0.104. The van der Waals surface area contributed by atoms with Crippen LogP contribution in [-0.4, -0.2) is 33.9 Å². The number of carbonyl (C=O) groups excluding carboxylic acids is 1. The fourth-order valence-electron chi connectivity index (χ4n) is 2.75. The van der Waals surface area contributed by atoms with Crippen LogP contribution in [-0.2, 0) is 0 Å². The summed E-state index contributed by atoms with van der Waals surface area (Å²) in [4.78, 5) is 24.7. The summed E-state index contributed by atoms with van der Waals surface area (Å²) in [6.07, 6.45) is 1.08. The second-order valence-corrected chi connectivity index (χ2v) is 6.54. The van der Waals surface area contributed by atoms with Gasteiger partial charge in [0.15, 0.2) is 0 Å². The van der Waals surface area contributed by atoms with Gasteiger partial charge in [-0.2, -0.15) is 0 Å². The number of hydrogen-bond acceptors (Lipinski definition) is 5. The number of thiophene rings is 1. The molecule has 2 aromatic heterocycles. The van der Waals surface area contributed by atoms with Crippen molar-refractivity contribution in [3.63, 3.8) is 0 Å². The Morgan fingerprint density at radius 1 is 1.40 bits per heavy atom. The molecule has 0 saturated carbocycles. The lowest BCUT2D eigenvalue weighted by atomic mass is 10.2. The fourth-order valence-corrected chi connectivity index (χ4v) is 3.95. The zero-order valence-corrected chi connectivity index (χ0v) is 12.8. The molecular formula is C14H18N4OS. The van der Waals surface area contributed by atoms with Crippen molar-refractivity contribution in [2.24, 2.45) is 5.92 Å². The van der Waals surface area contributed by atoms with Gasteiger partial charge >= 0.3 is 0 Å². The number of anilines is 1. The van der Waals surface area contributed by atoms with Crippen molar-refractivity contribution < 1.29 is 4.79 Å². The summed E-state index contributed by atoms with van der Waals surface area (Å²) in [6.45, 7) is 7.60. The number of hydrogen-bond donors (Lipinski definition) is 1. The summed E-state index contributed by atoms with van der Waals surface area (Å²) in [7, 11) is 0. The summed E-state index contributed by atoms with van der Waals surface area (Å²) >= 11 is 1.43. The highest BCUT2D eigenvalue weighted by atomic mass is 32.1. The van der Waals surface area contributed by atoms with Crippen LogP contribution in [0.1, 0.15) is 34.4 Å². The Balaban J connectivity index is 2.06. The van der Waals surface area contributed by atoms with Crippen molar-refractivity contribution in [1.82, 2.24) is 14.9 Å². The van der Waals surface area contributed by atoms with E-state index in [2.05, 4.69) is 16.9 Å². The molecule has 106 valence electrons. The number of carbonyl (C=O) groups is 1. The van der Waals surface area contributed by atoms with Crippen LogP contribution >= 0.6 is 11.3 Å². The Morgan fingerprint density at radius 2 is 2.15 bits per heavy atom. The maximum atomic E-state index is 12.6. The molecule has 1 aliphatic rings. The van der Waals surface area contributed by atoms with Gasteiger partial charge < -0.3 is 10.6 Å². The molecule has 3 rings (SSSR count). The van der Waals surface area contributed by atoms with E-state index >= 15 is 0 Å². The first-order valence-electron chi connectivity index (χ1n) is 6.80. The lowest BCUT2D eigenvalue weighted by molar-refractivity contribution is 0.0792. The molecular weight excluding hydrogens is 272 g/mol. The molecule has 0 radical (unpaired) electrons. The van der Waals surface area contributed by atoms with Crippen molar-refractivity contribution >= 4 is 33.3 Å². The molecule has 1 atom stereocenters. The average molecular weight is 290 g/mol. The summed E-state index contributed by atoms with van der Waals surface area (Å²) in [5.74, 6) is 1.80. The van der Waals surface area contributed by atoms with E-state index in [4.69, 9.17) is 5.73 Å². The number of amides is 1. The summed E-state index contributed by atoms with van der Waals surface area (Å²) in [5.41, 5.74) is 6.89. The van der Waals surface area contributed by atoms with Crippen LogP contribution in [0.3, 0.4) is 0 Å². The van der Waals surface area contributed by atoms with E-state index in [1.165, 1.54) is 11.3 Å². The van der Waals surface area contributed by atoms with Crippen LogP contribution in [0.15, 0.2) is 0 Å². The maximum absolute atomic E-state index is 12.6. The quantitative estimate of drug-likeness (QED) is 0.875. The lowest BCUT2D eigenvalue weighted by Gasteiger charge is -2.15. The average Bonchev–Trinajstić information content (AvgIpc) is 2.93. The largest absolute Gasteiger partial charge is 0.383 e. The molecule has 1 aliphatic heterocycles. The van der Waals surface area contributed by atoms with E-state index in [-0.39, 0.29) is 5.91 Å². The molecule has 1 fully saturated rings. The van der Waals surface area contributed by atoms with Gasteiger partial charge in [0.25, 0.3) is 5.91 Å². The Bertz CT molecular complexity index is 694. The van der Waals surface area contributed by atoms with E-state index in [9.17, 15) is 4.79 Å². The van der Waals surface area contributed by atoms with Gasteiger partial charge in [-0.25, -0.2) is 9.97 Å². The SMILES string of the molecule is Cc1nc(N)c2c(C)c(C(=O)N3CCC(C)C3)sc2n1. The number of nitrogens with zero attached hydrogens (tertiary/aromatic N) is 3. The molecule has 1 unspecified atom stereocenters. The van der Waals surface area contributed by atoms with Gasteiger partial charge in [-0.1, -0.05) is 6.92 Å². The molecule has 2 N–H and O–H groups in total. The molecule has 1 amide bonds. The number of fused-ring (bicyclic) bond motifs is 1. The van der Waals surface area contributed by atoms with Gasteiger partial charge in [0.05, 0.1) is 10.3 Å². The first-order chi connectivity index (χ1) is 9.47. The molecule has 1 saturated heterocycles. The Morgan fingerprint density at radius 3 is 2.80 bits per heavy atom. The maximum Gasteiger partial charge on any atom is 0.264 e. The monoisotopic (exact) mass is 290 g/mol. The smallest absolute Gasteiger partial charge is 0.264 e. The number of aromatic nitrogens is 2. The predicted molar refractivity (Wildman–Crippen MR) is 81.0 cm³/mol. The standard InChI is InChI=1S/C14H18N4OS/c1-7-4-5-18(6-7)14(19)11-8(2)10-12(15)16-9(3)17-13(10)20-11/h7H,4-6H2,1-3H3,(H2,15,16,17). The molecule has 3 heterocycles. The van der Waals surface area contributed by atoms with Crippen molar-refractivity contribution in [2.75, 3.05) is 18.8 Å². The number of nitrogens with two attached hydrogens (primary N) is 1. The second kappa shape index (κ2) is 4.70. The predicted octanol–water partition coefficient (Wildman–Crippen LogP) is 2.37. The van der Waals surface area contributed by atoms with Crippen LogP contribution in [0, 0.1) is 19.8 Å². The third-order valence-electron chi connectivity index (χ3n) is 3.84. The van der Waals surface area contributed by atoms with E-state index in [0.717, 1.165) is 40.2 Å². The molecule has 6 heteroatoms. The molecule has 20 heavy (non-hydrogen) atoms. The van der Waals surface area contributed by atoms with Gasteiger partial charge in [0, 0.05) is 13.1 Å². The Hall–Kier alpha value is -1.69. The third kappa shape index (κ3) is 2.04. The van der Waals surface area contributed by atoms with E-state index in [1.807, 2.05) is 18.7 Å². The lowest BCUT2D eigenvalue weighted by Crippen LogP contribution is -2.28. The van der Waals surface area contributed by atoms with Crippen LogP contribution in [0.2, 0.25) is 0 Å². The van der Waals surface area contributed by atoms with Gasteiger partial charge in [-0.15, -0.1) is 11.3 Å². The zero-order chi connectivity index (χ0) is 14.4. The highest BCUT2D eigenvalue weighted by Crippen LogP contribution is 2.34. The van der Waals surface area contributed by atoms with Crippen LogP contribution in [0.4, 0.5) is 5.82 Å². The Labute approximate surface area is 121 Å². The minimum Gasteiger partial charge on any atom is -0.383 e. The normalized spacial score (nSPS) is 18.9. The summed E-state index contributed by atoms with van der Waals surface area (Å²) < 4.78 is 0. The highest BCUT2D eigenvalue weighted by molar-refractivity contribution is 7.20. The second-order valence-electron chi connectivity index (χ2n) is 5.54. The Kier molecular flexibility index (Phi) is 3.12. The van der Waals surface area contributed by atoms with Gasteiger partial charge in [0.2, 0.25) is 0 Å². The highest BCUT2D eigenvalue weighted by Gasteiger charge is 2.27. The molecule has 0 bridgehead atoms. The van der Waals surface area contributed by atoms with E-state index < -0.39 is 0 Å². The third-order valence-corrected chi connectivity index (χ3v) is 5.01. The zero-order valence-electron chi connectivity index (χ0n) is 11.9. The summed E-state index contributed by atoms with van der Waals surface area (Å²) in [5, 5.41) is 0.830.